The molecule has 2 atom stereocenters. The first kappa shape index (κ1) is 10.9. The predicted octanol–water partition coefficient (Wildman–Crippen LogP) is 1.23. The van der Waals surface area contributed by atoms with Crippen LogP contribution in [0.1, 0.15) is 27.7 Å². The summed E-state index contributed by atoms with van der Waals surface area (Å²) >= 11 is 0. The van der Waals surface area contributed by atoms with Gasteiger partial charge in [0.2, 0.25) is 0 Å². The quantitative estimate of drug-likeness (QED) is 0.648. The molecule has 0 aromatic carbocycles. The average Bonchev–Trinajstić information content (AvgIpc) is 1.88. The molecule has 0 rings (SSSR count). The summed E-state index contributed by atoms with van der Waals surface area (Å²) in [6.45, 7) is 8.59. The Balaban J connectivity index is 4.02. The third kappa shape index (κ3) is 3.21. The van der Waals surface area contributed by atoms with Gasteiger partial charge in [-0.05, 0) is 17.8 Å². The van der Waals surface area contributed by atoms with E-state index in [4.69, 9.17) is 10.8 Å². The van der Waals surface area contributed by atoms with Crippen molar-refractivity contribution in [3.63, 3.8) is 0 Å². The van der Waals surface area contributed by atoms with Crippen LogP contribution in [0, 0.1) is 17.8 Å². The molecule has 0 amide bonds. The Morgan fingerprint density at radius 3 is 1.64 bits per heavy atom. The van der Waals surface area contributed by atoms with E-state index in [0.29, 0.717) is 11.8 Å². The molecule has 68 valence electrons. The summed E-state index contributed by atoms with van der Waals surface area (Å²) in [4.78, 5) is 0. The summed E-state index contributed by atoms with van der Waals surface area (Å²) in [5.41, 5.74) is 5.91. The Hall–Kier alpha value is -0.0800. The average molecular weight is 159 g/mol. The third-order valence-electron chi connectivity index (χ3n) is 2.33. The Morgan fingerprint density at radius 1 is 1.09 bits per heavy atom. The largest absolute Gasteiger partial charge is 0.396 e. The highest BCUT2D eigenvalue weighted by Crippen LogP contribution is 2.18. The van der Waals surface area contributed by atoms with Crippen LogP contribution in [-0.2, 0) is 0 Å². The molecule has 3 N–H and O–H groups in total. The lowest BCUT2D eigenvalue weighted by atomic mass is 9.84. The smallest absolute Gasteiger partial charge is 0.0476 e. The zero-order valence-corrected chi connectivity index (χ0v) is 8.04. The van der Waals surface area contributed by atoms with Gasteiger partial charge in [0.05, 0.1) is 0 Å². The van der Waals surface area contributed by atoms with Gasteiger partial charge in [-0.3, -0.25) is 0 Å². The van der Waals surface area contributed by atoms with Gasteiger partial charge < -0.3 is 10.8 Å². The predicted molar refractivity (Wildman–Crippen MR) is 48.2 cm³/mol. The second-order valence-corrected chi connectivity index (χ2v) is 3.91. The van der Waals surface area contributed by atoms with E-state index in [1.807, 2.05) is 0 Å². The summed E-state index contributed by atoms with van der Waals surface area (Å²) in [6.07, 6.45) is 0. The molecule has 2 heteroatoms. The second kappa shape index (κ2) is 4.73. The minimum atomic E-state index is 0.125. The van der Waals surface area contributed by atoms with Crippen LogP contribution in [0.2, 0.25) is 0 Å². The van der Waals surface area contributed by atoms with Gasteiger partial charge in [-0.2, -0.15) is 0 Å². The molecule has 0 aromatic heterocycles. The lowest BCUT2D eigenvalue weighted by molar-refractivity contribution is 0.148. The SMILES string of the molecule is CC(C)[C@@H](N)[C@H](CO)C(C)C. The molecule has 0 saturated carbocycles. The molecule has 0 bridgehead atoms. The summed E-state index contributed by atoms with van der Waals surface area (Å²) in [6, 6.07) is 0.125. The Labute approximate surface area is 69.8 Å². The summed E-state index contributed by atoms with van der Waals surface area (Å²) in [5, 5.41) is 9.04. The van der Waals surface area contributed by atoms with Crippen molar-refractivity contribution in [2.45, 2.75) is 33.7 Å². The van der Waals surface area contributed by atoms with E-state index < -0.39 is 0 Å². The number of nitrogens with two attached hydrogens (primary N) is 1. The standard InChI is InChI=1S/C9H21NO/c1-6(2)8(5-11)9(10)7(3)4/h6-9,11H,5,10H2,1-4H3/t8-,9-/m1/s1. The molecular weight excluding hydrogens is 138 g/mol. The highest BCUT2D eigenvalue weighted by atomic mass is 16.3. The van der Waals surface area contributed by atoms with Crippen LogP contribution < -0.4 is 5.73 Å². The maximum atomic E-state index is 9.04. The van der Waals surface area contributed by atoms with Crippen LogP contribution in [0.4, 0.5) is 0 Å². The van der Waals surface area contributed by atoms with Crippen molar-refractivity contribution >= 4 is 0 Å². The van der Waals surface area contributed by atoms with Crippen LogP contribution >= 0.6 is 0 Å². The first-order valence-electron chi connectivity index (χ1n) is 4.37. The number of aliphatic hydroxyl groups excluding tert-OH is 1. The Bertz CT molecular complexity index is 102. The van der Waals surface area contributed by atoms with Gasteiger partial charge in [-0.25, -0.2) is 0 Å². The van der Waals surface area contributed by atoms with Gasteiger partial charge in [0.15, 0.2) is 0 Å². The van der Waals surface area contributed by atoms with Gasteiger partial charge in [0, 0.05) is 12.6 Å². The summed E-state index contributed by atoms with van der Waals surface area (Å²) in [5.74, 6) is 1.17. The van der Waals surface area contributed by atoms with E-state index in [9.17, 15) is 0 Å². The molecule has 11 heavy (non-hydrogen) atoms. The van der Waals surface area contributed by atoms with Crippen LogP contribution in [-0.4, -0.2) is 17.8 Å². The minimum absolute atomic E-state index is 0.125. The van der Waals surface area contributed by atoms with E-state index >= 15 is 0 Å². The minimum Gasteiger partial charge on any atom is -0.396 e. The maximum absolute atomic E-state index is 9.04. The number of rotatable bonds is 4. The number of aliphatic hydroxyl groups is 1. The van der Waals surface area contributed by atoms with Crippen molar-refractivity contribution in [2.75, 3.05) is 6.61 Å². The van der Waals surface area contributed by atoms with E-state index in [-0.39, 0.29) is 18.6 Å². The van der Waals surface area contributed by atoms with E-state index in [1.54, 1.807) is 0 Å². The molecule has 0 fully saturated rings. The third-order valence-corrected chi connectivity index (χ3v) is 2.33. The zero-order chi connectivity index (χ0) is 9.02. The molecule has 0 unspecified atom stereocenters. The normalized spacial score (nSPS) is 17.5. The highest BCUT2D eigenvalue weighted by Gasteiger charge is 2.22. The molecule has 0 aromatic rings. The van der Waals surface area contributed by atoms with Gasteiger partial charge in [0.25, 0.3) is 0 Å². The van der Waals surface area contributed by atoms with Crippen LogP contribution in [0.15, 0.2) is 0 Å². The topological polar surface area (TPSA) is 46.2 Å². The lowest BCUT2D eigenvalue weighted by Gasteiger charge is -2.28. The first-order chi connectivity index (χ1) is 5.00. The monoisotopic (exact) mass is 159 g/mol. The molecule has 0 heterocycles. The Morgan fingerprint density at radius 2 is 1.55 bits per heavy atom. The van der Waals surface area contributed by atoms with Crippen molar-refractivity contribution < 1.29 is 5.11 Å². The van der Waals surface area contributed by atoms with Crippen molar-refractivity contribution in [3.8, 4) is 0 Å². The van der Waals surface area contributed by atoms with Crippen molar-refractivity contribution in [1.29, 1.82) is 0 Å². The maximum Gasteiger partial charge on any atom is 0.0476 e. The zero-order valence-electron chi connectivity index (χ0n) is 8.04. The van der Waals surface area contributed by atoms with Crippen molar-refractivity contribution in [1.82, 2.24) is 0 Å². The molecule has 2 nitrogen and oxygen atoms in total. The van der Waals surface area contributed by atoms with Crippen LogP contribution in [0.5, 0.6) is 0 Å². The molecule has 0 aliphatic carbocycles. The summed E-state index contributed by atoms with van der Waals surface area (Å²) in [7, 11) is 0. The fourth-order valence-corrected chi connectivity index (χ4v) is 1.27. The van der Waals surface area contributed by atoms with E-state index in [0.717, 1.165) is 0 Å². The highest BCUT2D eigenvalue weighted by molar-refractivity contribution is 4.77. The molecule has 0 saturated heterocycles. The molecule has 0 aliphatic rings. The van der Waals surface area contributed by atoms with Gasteiger partial charge in [-0.1, -0.05) is 27.7 Å². The van der Waals surface area contributed by atoms with Gasteiger partial charge in [-0.15, -0.1) is 0 Å². The number of hydrogen-bond acceptors (Lipinski definition) is 2. The van der Waals surface area contributed by atoms with Crippen molar-refractivity contribution in [3.05, 3.63) is 0 Å². The van der Waals surface area contributed by atoms with Gasteiger partial charge in [0.1, 0.15) is 0 Å². The molecule has 0 aliphatic heterocycles. The fraction of sp³-hybridized carbons (Fsp3) is 1.00. The molecule has 0 spiro atoms. The molecular formula is C9H21NO. The molecule has 0 radical (unpaired) electrons. The number of hydrogen-bond donors (Lipinski definition) is 2. The first-order valence-corrected chi connectivity index (χ1v) is 4.37. The summed E-state index contributed by atoms with van der Waals surface area (Å²) < 4.78 is 0. The van der Waals surface area contributed by atoms with Crippen LogP contribution in [0.3, 0.4) is 0 Å². The van der Waals surface area contributed by atoms with E-state index in [2.05, 4.69) is 27.7 Å². The van der Waals surface area contributed by atoms with E-state index in [1.165, 1.54) is 0 Å². The Kier molecular flexibility index (Phi) is 4.69. The second-order valence-electron chi connectivity index (χ2n) is 3.91. The lowest BCUT2D eigenvalue weighted by Crippen LogP contribution is -2.39. The van der Waals surface area contributed by atoms with Crippen molar-refractivity contribution in [2.24, 2.45) is 23.5 Å². The van der Waals surface area contributed by atoms with Gasteiger partial charge >= 0.3 is 0 Å². The fourth-order valence-electron chi connectivity index (χ4n) is 1.27. The van der Waals surface area contributed by atoms with Crippen LogP contribution in [0.25, 0.3) is 0 Å².